The Balaban J connectivity index is 2.55. The van der Waals surface area contributed by atoms with Crippen LogP contribution in [0.25, 0.3) is 0 Å². The van der Waals surface area contributed by atoms with Crippen LogP contribution >= 0.6 is 0 Å². The summed E-state index contributed by atoms with van der Waals surface area (Å²) in [6.07, 6.45) is 0.692. The molecule has 0 aromatic rings. The SMILES string of the molecule is CN(C)CC(=O)N(C)C1CCS(=N)(=O)C1. The fraction of sp³-hybridized carbons (Fsp3) is 0.889. The van der Waals surface area contributed by atoms with Crippen LogP contribution in [0.5, 0.6) is 0 Å². The molecule has 1 saturated heterocycles. The van der Waals surface area contributed by atoms with Gasteiger partial charge in [-0.15, -0.1) is 0 Å². The molecule has 5 nitrogen and oxygen atoms in total. The summed E-state index contributed by atoms with van der Waals surface area (Å²) in [6, 6.07) is -0.0116. The van der Waals surface area contributed by atoms with Gasteiger partial charge in [0.15, 0.2) is 0 Å². The fourth-order valence-corrected chi connectivity index (χ4v) is 3.53. The lowest BCUT2D eigenvalue weighted by molar-refractivity contribution is -0.132. The Morgan fingerprint density at radius 1 is 1.47 bits per heavy atom. The lowest BCUT2D eigenvalue weighted by Crippen LogP contribution is -2.42. The van der Waals surface area contributed by atoms with Crippen molar-refractivity contribution >= 4 is 15.6 Å². The second-order valence-corrected chi connectivity index (χ2v) is 6.73. The Morgan fingerprint density at radius 2 is 2.07 bits per heavy atom. The predicted octanol–water partition coefficient (Wildman–Crippen LogP) is -0.175. The molecule has 2 unspecified atom stereocenters. The summed E-state index contributed by atoms with van der Waals surface area (Å²) in [5.74, 6) is 0.794. The standard InChI is InChI=1S/C9H19N3O2S/c1-11(2)6-9(13)12(3)8-4-5-15(10,14)7-8/h8,10H,4-7H2,1-3H3. The third kappa shape index (κ3) is 3.46. The number of hydrogen-bond acceptors (Lipinski definition) is 4. The van der Waals surface area contributed by atoms with Crippen LogP contribution < -0.4 is 0 Å². The maximum Gasteiger partial charge on any atom is 0.236 e. The van der Waals surface area contributed by atoms with Gasteiger partial charge in [0.05, 0.1) is 12.3 Å². The number of carbonyl (C=O) groups excluding carboxylic acids is 1. The average Bonchev–Trinajstić information content (AvgIpc) is 2.43. The second kappa shape index (κ2) is 4.49. The molecule has 1 aliphatic heterocycles. The van der Waals surface area contributed by atoms with Crippen LogP contribution in [0.4, 0.5) is 0 Å². The van der Waals surface area contributed by atoms with Gasteiger partial charge in [-0.1, -0.05) is 0 Å². The van der Waals surface area contributed by atoms with E-state index in [1.54, 1.807) is 11.9 Å². The first-order valence-corrected chi connectivity index (χ1v) is 6.86. The van der Waals surface area contributed by atoms with E-state index < -0.39 is 9.73 Å². The van der Waals surface area contributed by atoms with Crippen LogP contribution in [0.3, 0.4) is 0 Å². The van der Waals surface area contributed by atoms with Crippen molar-refractivity contribution in [2.24, 2.45) is 0 Å². The normalized spacial score (nSPS) is 30.8. The maximum absolute atomic E-state index is 11.7. The molecule has 6 heteroatoms. The van der Waals surface area contributed by atoms with E-state index in [9.17, 15) is 9.00 Å². The minimum absolute atomic E-state index is 0.0116. The highest BCUT2D eigenvalue weighted by Crippen LogP contribution is 2.17. The third-order valence-electron chi connectivity index (χ3n) is 2.64. The molecule has 0 radical (unpaired) electrons. The lowest BCUT2D eigenvalue weighted by atomic mass is 10.2. The number of carbonyl (C=O) groups is 1. The second-order valence-electron chi connectivity index (χ2n) is 4.37. The Labute approximate surface area is 91.4 Å². The first kappa shape index (κ1) is 12.4. The molecule has 0 saturated carbocycles. The highest BCUT2D eigenvalue weighted by molar-refractivity contribution is 7.92. The largest absolute Gasteiger partial charge is 0.341 e. The van der Waals surface area contributed by atoms with Crippen LogP contribution in [0.15, 0.2) is 0 Å². The zero-order valence-electron chi connectivity index (χ0n) is 9.52. The van der Waals surface area contributed by atoms with Crippen LogP contribution in [-0.4, -0.2) is 65.2 Å². The zero-order chi connectivity index (χ0) is 11.6. The van der Waals surface area contributed by atoms with Crippen molar-refractivity contribution in [1.82, 2.24) is 9.80 Å². The zero-order valence-corrected chi connectivity index (χ0v) is 10.3. The molecule has 1 N–H and O–H groups in total. The summed E-state index contributed by atoms with van der Waals surface area (Å²) in [5, 5.41) is 0. The van der Waals surface area contributed by atoms with E-state index in [1.807, 2.05) is 19.0 Å². The van der Waals surface area contributed by atoms with Crippen LogP contribution in [-0.2, 0) is 14.5 Å². The molecular formula is C9H19N3O2S. The van der Waals surface area contributed by atoms with Gasteiger partial charge >= 0.3 is 0 Å². The van der Waals surface area contributed by atoms with E-state index in [4.69, 9.17) is 4.78 Å². The lowest BCUT2D eigenvalue weighted by Gasteiger charge is -2.25. The number of nitrogens with zero attached hydrogens (tertiary/aromatic N) is 2. The average molecular weight is 233 g/mol. The van der Waals surface area contributed by atoms with E-state index in [0.717, 1.165) is 0 Å². The Morgan fingerprint density at radius 3 is 2.47 bits per heavy atom. The quantitative estimate of drug-likeness (QED) is 0.736. The van der Waals surface area contributed by atoms with Gasteiger partial charge in [-0.05, 0) is 20.5 Å². The summed E-state index contributed by atoms with van der Waals surface area (Å²) in [5.41, 5.74) is 0. The van der Waals surface area contributed by atoms with E-state index >= 15 is 0 Å². The van der Waals surface area contributed by atoms with Crippen molar-refractivity contribution < 1.29 is 9.00 Å². The third-order valence-corrected chi connectivity index (χ3v) is 4.45. The molecule has 0 bridgehead atoms. The topological polar surface area (TPSA) is 64.5 Å². The minimum atomic E-state index is -2.41. The van der Waals surface area contributed by atoms with Crippen molar-refractivity contribution in [2.75, 3.05) is 39.2 Å². The smallest absolute Gasteiger partial charge is 0.236 e. The monoisotopic (exact) mass is 233 g/mol. The molecule has 2 atom stereocenters. The van der Waals surface area contributed by atoms with Gasteiger partial charge in [-0.25, -0.2) is 4.21 Å². The van der Waals surface area contributed by atoms with E-state index in [2.05, 4.69) is 0 Å². The molecule has 0 aromatic heterocycles. The van der Waals surface area contributed by atoms with Crippen molar-refractivity contribution in [1.29, 1.82) is 4.78 Å². The van der Waals surface area contributed by atoms with E-state index in [-0.39, 0.29) is 11.9 Å². The van der Waals surface area contributed by atoms with Crippen molar-refractivity contribution in [3.8, 4) is 0 Å². The number of nitrogens with one attached hydrogen (secondary N) is 1. The van der Waals surface area contributed by atoms with Gasteiger partial charge in [-0.3, -0.25) is 9.57 Å². The molecule has 1 heterocycles. The van der Waals surface area contributed by atoms with Crippen LogP contribution in [0.1, 0.15) is 6.42 Å². The molecule has 1 fully saturated rings. The predicted molar refractivity (Wildman–Crippen MR) is 60.3 cm³/mol. The molecule has 1 aliphatic rings. The van der Waals surface area contributed by atoms with Gasteiger partial charge in [-0.2, -0.15) is 0 Å². The van der Waals surface area contributed by atoms with Gasteiger partial charge in [0.1, 0.15) is 0 Å². The summed E-state index contributed by atoms with van der Waals surface area (Å²) in [6.45, 7) is 0.367. The van der Waals surface area contributed by atoms with Crippen LogP contribution in [0.2, 0.25) is 0 Å². The first-order chi connectivity index (χ1) is 6.82. The first-order valence-electron chi connectivity index (χ1n) is 4.96. The maximum atomic E-state index is 11.7. The number of likely N-dealkylation sites (N-methyl/N-ethyl adjacent to an activating group) is 2. The number of amides is 1. The summed E-state index contributed by atoms with van der Waals surface area (Å²) < 4.78 is 18.9. The molecule has 1 rings (SSSR count). The van der Waals surface area contributed by atoms with E-state index in [0.29, 0.717) is 24.5 Å². The van der Waals surface area contributed by atoms with Gasteiger partial charge in [0.25, 0.3) is 0 Å². The van der Waals surface area contributed by atoms with Crippen LogP contribution in [0, 0.1) is 4.78 Å². The Kier molecular flexibility index (Phi) is 3.72. The molecule has 88 valence electrons. The molecule has 0 aliphatic carbocycles. The van der Waals surface area contributed by atoms with Gasteiger partial charge in [0.2, 0.25) is 5.91 Å². The van der Waals surface area contributed by atoms with Gasteiger partial charge in [0, 0.05) is 28.6 Å². The number of rotatable bonds is 3. The molecule has 0 aromatic carbocycles. The molecule has 1 amide bonds. The number of hydrogen-bond donors (Lipinski definition) is 1. The summed E-state index contributed by atoms with van der Waals surface area (Å²) in [7, 11) is 3.01. The van der Waals surface area contributed by atoms with Crippen molar-refractivity contribution in [3.63, 3.8) is 0 Å². The molecule has 15 heavy (non-hydrogen) atoms. The van der Waals surface area contributed by atoms with E-state index in [1.165, 1.54) is 0 Å². The highest BCUT2D eigenvalue weighted by Gasteiger charge is 2.30. The van der Waals surface area contributed by atoms with Crippen molar-refractivity contribution in [3.05, 3.63) is 0 Å². The Hall–Kier alpha value is -0.620. The fourth-order valence-electron chi connectivity index (χ4n) is 1.69. The summed E-state index contributed by atoms with van der Waals surface area (Å²) >= 11 is 0. The highest BCUT2D eigenvalue weighted by atomic mass is 32.2. The molecule has 0 spiro atoms. The minimum Gasteiger partial charge on any atom is -0.341 e. The van der Waals surface area contributed by atoms with Gasteiger partial charge < -0.3 is 9.80 Å². The Bertz CT molecular complexity index is 337. The van der Waals surface area contributed by atoms with Crippen molar-refractivity contribution in [2.45, 2.75) is 12.5 Å². The molecular weight excluding hydrogens is 214 g/mol. The summed E-state index contributed by atoms with van der Waals surface area (Å²) in [4.78, 5) is 15.1.